The molecule has 3 rings (SSSR count). The number of amides is 2. The number of piperidine rings is 1. The first-order chi connectivity index (χ1) is 9.63. The van der Waals surface area contributed by atoms with Gasteiger partial charge in [0, 0.05) is 32.6 Å². The fourth-order valence-corrected chi connectivity index (χ4v) is 4.17. The van der Waals surface area contributed by atoms with E-state index >= 15 is 0 Å². The summed E-state index contributed by atoms with van der Waals surface area (Å²) in [5, 5.41) is 8.82. The quantitative estimate of drug-likeness (QED) is 0.842. The highest BCUT2D eigenvalue weighted by atomic mass is 16.4. The van der Waals surface area contributed by atoms with E-state index in [-0.39, 0.29) is 18.4 Å². The third-order valence-corrected chi connectivity index (χ3v) is 5.35. The Balaban J connectivity index is 1.48. The molecule has 1 N–H and O–H groups in total. The van der Waals surface area contributed by atoms with E-state index < -0.39 is 5.97 Å². The van der Waals surface area contributed by atoms with E-state index in [2.05, 4.69) is 0 Å². The normalized spacial score (nSPS) is 30.6. The van der Waals surface area contributed by atoms with Gasteiger partial charge < -0.3 is 14.9 Å². The van der Waals surface area contributed by atoms with Crippen LogP contribution in [0.3, 0.4) is 0 Å². The number of aliphatic carboxylic acids is 1. The Kier molecular flexibility index (Phi) is 3.85. The Labute approximate surface area is 119 Å². The molecule has 1 aliphatic carbocycles. The van der Waals surface area contributed by atoms with Crippen LogP contribution in [0.2, 0.25) is 0 Å². The molecule has 5 heteroatoms. The van der Waals surface area contributed by atoms with Crippen molar-refractivity contribution < 1.29 is 14.7 Å². The first kappa shape index (κ1) is 13.7. The van der Waals surface area contributed by atoms with Crippen molar-refractivity contribution in [2.45, 2.75) is 38.5 Å². The molecule has 20 heavy (non-hydrogen) atoms. The summed E-state index contributed by atoms with van der Waals surface area (Å²) in [6.45, 7) is 3.34. The highest BCUT2D eigenvalue weighted by molar-refractivity contribution is 5.75. The zero-order valence-corrected chi connectivity index (χ0v) is 12.0. The molecule has 112 valence electrons. The number of carboxylic acid groups (broad SMARTS) is 1. The molecule has 2 aliphatic heterocycles. The van der Waals surface area contributed by atoms with Crippen molar-refractivity contribution in [1.82, 2.24) is 9.80 Å². The number of carboxylic acids is 1. The van der Waals surface area contributed by atoms with E-state index in [0.717, 1.165) is 50.9 Å². The maximum absolute atomic E-state index is 12.5. The van der Waals surface area contributed by atoms with Crippen LogP contribution < -0.4 is 0 Å². The van der Waals surface area contributed by atoms with Gasteiger partial charge in [0.25, 0.3) is 0 Å². The standard InChI is InChI=1S/C15H24N2O3/c18-14(19)8-11-4-6-16(7-5-11)15(20)17-9-12-2-1-3-13(12)10-17/h11-13H,1-10H2,(H,18,19). The van der Waals surface area contributed by atoms with Crippen LogP contribution in [0, 0.1) is 17.8 Å². The second-order valence-electron chi connectivity index (χ2n) is 6.67. The number of nitrogens with zero attached hydrogens (tertiary/aromatic N) is 2. The molecule has 2 unspecified atom stereocenters. The largest absolute Gasteiger partial charge is 0.481 e. The van der Waals surface area contributed by atoms with Gasteiger partial charge in [-0.2, -0.15) is 0 Å². The molecule has 1 saturated carbocycles. The molecular formula is C15H24N2O3. The number of hydrogen-bond acceptors (Lipinski definition) is 2. The van der Waals surface area contributed by atoms with E-state index in [1.807, 2.05) is 9.80 Å². The van der Waals surface area contributed by atoms with Gasteiger partial charge in [0.1, 0.15) is 0 Å². The molecule has 0 aromatic heterocycles. The molecular weight excluding hydrogens is 256 g/mol. The summed E-state index contributed by atoms with van der Waals surface area (Å²) in [5.74, 6) is 1.00. The molecule has 2 amide bonds. The SMILES string of the molecule is O=C(O)CC1CCN(C(=O)N2CC3CCCC3C2)CC1. The van der Waals surface area contributed by atoms with Gasteiger partial charge in [0.2, 0.25) is 0 Å². The zero-order chi connectivity index (χ0) is 14.1. The van der Waals surface area contributed by atoms with Gasteiger partial charge in [-0.25, -0.2) is 4.79 Å². The van der Waals surface area contributed by atoms with Crippen molar-refractivity contribution >= 4 is 12.0 Å². The minimum absolute atomic E-state index is 0.188. The average molecular weight is 280 g/mol. The molecule has 3 aliphatic rings. The molecule has 2 heterocycles. The van der Waals surface area contributed by atoms with Crippen molar-refractivity contribution in [3.63, 3.8) is 0 Å². The first-order valence-electron chi connectivity index (χ1n) is 7.89. The maximum Gasteiger partial charge on any atom is 0.320 e. The number of likely N-dealkylation sites (tertiary alicyclic amines) is 2. The fraction of sp³-hybridized carbons (Fsp3) is 0.867. The maximum atomic E-state index is 12.5. The summed E-state index contributed by atoms with van der Waals surface area (Å²) in [4.78, 5) is 27.2. The Morgan fingerprint density at radius 1 is 0.950 bits per heavy atom. The summed E-state index contributed by atoms with van der Waals surface area (Å²) in [7, 11) is 0. The summed E-state index contributed by atoms with van der Waals surface area (Å²) >= 11 is 0. The molecule has 0 aromatic rings. The Bertz CT molecular complexity index is 379. The molecule has 0 bridgehead atoms. The van der Waals surface area contributed by atoms with E-state index in [1.165, 1.54) is 19.3 Å². The lowest BCUT2D eigenvalue weighted by atomic mass is 9.94. The van der Waals surface area contributed by atoms with Crippen LogP contribution in [-0.2, 0) is 4.79 Å². The summed E-state index contributed by atoms with van der Waals surface area (Å²) < 4.78 is 0. The Hall–Kier alpha value is -1.26. The van der Waals surface area contributed by atoms with Gasteiger partial charge in [-0.05, 0) is 43.4 Å². The summed E-state index contributed by atoms with van der Waals surface area (Å²) in [6.07, 6.45) is 5.82. The van der Waals surface area contributed by atoms with Crippen LogP contribution in [0.1, 0.15) is 38.5 Å². The monoisotopic (exact) mass is 280 g/mol. The van der Waals surface area contributed by atoms with E-state index in [9.17, 15) is 9.59 Å². The molecule has 0 radical (unpaired) electrons. The van der Waals surface area contributed by atoms with Crippen molar-refractivity contribution in [3.8, 4) is 0 Å². The van der Waals surface area contributed by atoms with E-state index in [0.29, 0.717) is 0 Å². The zero-order valence-electron chi connectivity index (χ0n) is 12.0. The lowest BCUT2D eigenvalue weighted by molar-refractivity contribution is -0.138. The van der Waals surface area contributed by atoms with Crippen LogP contribution in [-0.4, -0.2) is 53.1 Å². The summed E-state index contributed by atoms with van der Waals surface area (Å²) in [6, 6.07) is 0.188. The third kappa shape index (κ3) is 2.76. The van der Waals surface area contributed by atoms with E-state index in [1.54, 1.807) is 0 Å². The van der Waals surface area contributed by atoms with Crippen LogP contribution in [0.15, 0.2) is 0 Å². The first-order valence-corrected chi connectivity index (χ1v) is 7.89. The minimum Gasteiger partial charge on any atom is -0.481 e. The number of carbonyl (C=O) groups excluding carboxylic acids is 1. The predicted molar refractivity (Wildman–Crippen MR) is 74.3 cm³/mol. The van der Waals surface area contributed by atoms with Gasteiger partial charge in [-0.3, -0.25) is 4.79 Å². The van der Waals surface area contributed by atoms with Crippen molar-refractivity contribution in [1.29, 1.82) is 0 Å². The van der Waals surface area contributed by atoms with Crippen LogP contribution in [0.4, 0.5) is 4.79 Å². The molecule has 3 fully saturated rings. The molecule has 2 atom stereocenters. The fourth-order valence-electron chi connectivity index (χ4n) is 4.17. The second kappa shape index (κ2) is 5.62. The van der Waals surface area contributed by atoms with E-state index in [4.69, 9.17) is 5.11 Å². The Morgan fingerprint density at radius 2 is 1.55 bits per heavy atom. The van der Waals surface area contributed by atoms with Crippen molar-refractivity contribution in [2.24, 2.45) is 17.8 Å². The number of carbonyl (C=O) groups is 2. The van der Waals surface area contributed by atoms with Crippen molar-refractivity contribution in [3.05, 3.63) is 0 Å². The highest BCUT2D eigenvalue weighted by Crippen LogP contribution is 2.38. The van der Waals surface area contributed by atoms with Crippen LogP contribution >= 0.6 is 0 Å². The third-order valence-electron chi connectivity index (χ3n) is 5.35. The smallest absolute Gasteiger partial charge is 0.320 e. The average Bonchev–Trinajstić information content (AvgIpc) is 2.98. The number of rotatable bonds is 2. The Morgan fingerprint density at radius 3 is 2.10 bits per heavy atom. The molecule has 0 aromatic carbocycles. The molecule has 2 saturated heterocycles. The minimum atomic E-state index is -0.720. The topological polar surface area (TPSA) is 60.9 Å². The van der Waals surface area contributed by atoms with Gasteiger partial charge in [-0.15, -0.1) is 0 Å². The lowest BCUT2D eigenvalue weighted by Gasteiger charge is -2.34. The predicted octanol–water partition coefficient (Wildman–Crippen LogP) is 2.03. The van der Waals surface area contributed by atoms with Gasteiger partial charge in [-0.1, -0.05) is 6.42 Å². The van der Waals surface area contributed by atoms with Gasteiger partial charge in [0.05, 0.1) is 0 Å². The number of fused-ring (bicyclic) bond motifs is 1. The summed E-state index contributed by atoms with van der Waals surface area (Å²) in [5.41, 5.74) is 0. The highest BCUT2D eigenvalue weighted by Gasteiger charge is 2.39. The van der Waals surface area contributed by atoms with Crippen LogP contribution in [0.5, 0.6) is 0 Å². The number of hydrogen-bond donors (Lipinski definition) is 1. The second-order valence-corrected chi connectivity index (χ2v) is 6.67. The van der Waals surface area contributed by atoms with Gasteiger partial charge in [0.15, 0.2) is 0 Å². The van der Waals surface area contributed by atoms with Gasteiger partial charge >= 0.3 is 12.0 Å². The molecule has 5 nitrogen and oxygen atoms in total. The van der Waals surface area contributed by atoms with Crippen LogP contribution in [0.25, 0.3) is 0 Å². The lowest BCUT2D eigenvalue weighted by Crippen LogP contribution is -2.46. The molecule has 0 spiro atoms. The number of urea groups is 1. The van der Waals surface area contributed by atoms with Crippen molar-refractivity contribution in [2.75, 3.05) is 26.2 Å².